The highest BCUT2D eigenvalue weighted by Gasteiger charge is 2.27. The first kappa shape index (κ1) is 15.3. The fourth-order valence-corrected chi connectivity index (χ4v) is 2.85. The van der Waals surface area contributed by atoms with Crippen LogP contribution in [0.2, 0.25) is 0 Å². The number of carbonyl (C=O) groups excluding carboxylic acids is 1. The Kier molecular flexibility index (Phi) is 4.81. The van der Waals surface area contributed by atoms with Crippen LogP contribution in [0.15, 0.2) is 18.2 Å². The van der Waals surface area contributed by atoms with Crippen LogP contribution < -0.4 is 10.2 Å². The van der Waals surface area contributed by atoms with Crippen molar-refractivity contribution in [2.45, 2.75) is 25.9 Å². The number of aliphatic hydroxyl groups is 1. The normalized spacial score (nSPS) is 19.7. The van der Waals surface area contributed by atoms with Gasteiger partial charge < -0.3 is 15.3 Å². The van der Waals surface area contributed by atoms with Crippen LogP contribution in [-0.4, -0.2) is 31.2 Å². The second kappa shape index (κ2) is 6.59. The summed E-state index contributed by atoms with van der Waals surface area (Å²) in [5, 5.41) is 21.7. The van der Waals surface area contributed by atoms with Crippen molar-refractivity contribution in [1.82, 2.24) is 5.32 Å². The van der Waals surface area contributed by atoms with Crippen molar-refractivity contribution in [2.75, 3.05) is 25.0 Å². The van der Waals surface area contributed by atoms with Crippen molar-refractivity contribution in [3.05, 3.63) is 29.3 Å². The van der Waals surface area contributed by atoms with Gasteiger partial charge in [0.05, 0.1) is 23.7 Å². The molecule has 0 radical (unpaired) electrons. The Morgan fingerprint density at radius 3 is 2.95 bits per heavy atom. The molecule has 2 rings (SSSR count). The number of aliphatic hydroxyl groups excluding tert-OH is 1. The molecular formula is C16H21N3O2. The molecule has 1 fully saturated rings. The average Bonchev–Trinajstić information content (AvgIpc) is 2.53. The summed E-state index contributed by atoms with van der Waals surface area (Å²) < 4.78 is 0. The Labute approximate surface area is 125 Å². The highest BCUT2D eigenvalue weighted by molar-refractivity contribution is 5.79. The van der Waals surface area contributed by atoms with Crippen molar-refractivity contribution >= 4 is 11.6 Å². The molecule has 1 heterocycles. The van der Waals surface area contributed by atoms with Crippen LogP contribution in [0, 0.1) is 17.2 Å². The average molecular weight is 287 g/mol. The van der Waals surface area contributed by atoms with E-state index >= 15 is 0 Å². The van der Waals surface area contributed by atoms with Gasteiger partial charge in [0.15, 0.2) is 0 Å². The first-order valence-electron chi connectivity index (χ1n) is 7.25. The van der Waals surface area contributed by atoms with E-state index in [2.05, 4.69) is 16.3 Å². The maximum absolute atomic E-state index is 11.8. The summed E-state index contributed by atoms with van der Waals surface area (Å²) in [5.74, 6) is 0.00563. The molecule has 21 heavy (non-hydrogen) atoms. The first-order chi connectivity index (χ1) is 10.1. The summed E-state index contributed by atoms with van der Waals surface area (Å²) in [4.78, 5) is 13.9. The molecule has 112 valence electrons. The number of nitrogens with one attached hydrogen (secondary N) is 1. The quantitative estimate of drug-likeness (QED) is 0.885. The van der Waals surface area contributed by atoms with Crippen LogP contribution in [0.4, 0.5) is 5.69 Å². The van der Waals surface area contributed by atoms with Gasteiger partial charge in [0.25, 0.3) is 0 Å². The summed E-state index contributed by atoms with van der Waals surface area (Å²) in [5.41, 5.74) is 2.22. The van der Waals surface area contributed by atoms with Gasteiger partial charge in [-0.15, -0.1) is 0 Å². The Balaban J connectivity index is 2.31. The maximum Gasteiger partial charge on any atom is 0.224 e. The number of anilines is 1. The van der Waals surface area contributed by atoms with Crippen molar-refractivity contribution in [1.29, 1.82) is 5.26 Å². The monoisotopic (exact) mass is 287 g/mol. The van der Waals surface area contributed by atoms with Gasteiger partial charge >= 0.3 is 0 Å². The van der Waals surface area contributed by atoms with Crippen LogP contribution in [0.5, 0.6) is 0 Å². The number of benzene rings is 1. The summed E-state index contributed by atoms with van der Waals surface area (Å²) in [6, 6.07) is 7.44. The molecule has 1 saturated heterocycles. The van der Waals surface area contributed by atoms with E-state index in [-0.39, 0.29) is 11.8 Å². The Bertz CT molecular complexity index is 563. The van der Waals surface area contributed by atoms with Crippen molar-refractivity contribution in [3.63, 3.8) is 0 Å². The molecule has 2 atom stereocenters. The minimum atomic E-state index is -0.604. The molecule has 1 aliphatic heterocycles. The van der Waals surface area contributed by atoms with Gasteiger partial charge in [-0.25, -0.2) is 0 Å². The highest BCUT2D eigenvalue weighted by Crippen LogP contribution is 2.31. The number of nitrogens with zero attached hydrogens (tertiary/aromatic N) is 2. The summed E-state index contributed by atoms with van der Waals surface area (Å²) >= 11 is 0. The fourth-order valence-electron chi connectivity index (χ4n) is 2.85. The second-order valence-electron chi connectivity index (χ2n) is 5.46. The van der Waals surface area contributed by atoms with Crippen LogP contribution in [0.3, 0.4) is 0 Å². The molecular weight excluding hydrogens is 266 g/mol. The van der Waals surface area contributed by atoms with Gasteiger partial charge in [0.1, 0.15) is 0 Å². The fraction of sp³-hybridized carbons (Fsp3) is 0.500. The van der Waals surface area contributed by atoms with Gasteiger partial charge in [-0.2, -0.15) is 5.26 Å². The molecule has 0 aromatic heterocycles. The molecule has 0 saturated carbocycles. The van der Waals surface area contributed by atoms with Crippen LogP contribution in [-0.2, 0) is 4.79 Å². The van der Waals surface area contributed by atoms with Crippen LogP contribution >= 0.6 is 0 Å². The maximum atomic E-state index is 11.8. The lowest BCUT2D eigenvalue weighted by Gasteiger charge is -2.35. The molecule has 1 amide bonds. The molecule has 1 aliphatic rings. The highest BCUT2D eigenvalue weighted by atomic mass is 16.3. The Morgan fingerprint density at radius 1 is 1.57 bits per heavy atom. The predicted octanol–water partition coefficient (Wildman–Crippen LogP) is 1.57. The third-order valence-corrected chi connectivity index (χ3v) is 3.99. The van der Waals surface area contributed by atoms with Crippen molar-refractivity contribution < 1.29 is 9.90 Å². The number of carbonyl (C=O) groups is 1. The van der Waals surface area contributed by atoms with Gasteiger partial charge in [-0.05, 0) is 31.9 Å². The Morgan fingerprint density at radius 2 is 2.33 bits per heavy atom. The lowest BCUT2D eigenvalue weighted by atomic mass is 9.95. The van der Waals surface area contributed by atoms with E-state index in [9.17, 15) is 9.90 Å². The number of nitriles is 1. The van der Waals surface area contributed by atoms with Gasteiger partial charge in [0.2, 0.25) is 5.91 Å². The van der Waals surface area contributed by atoms with Crippen LogP contribution in [0.1, 0.15) is 37.0 Å². The van der Waals surface area contributed by atoms with Gasteiger partial charge in [-0.1, -0.05) is 6.07 Å². The Hall–Kier alpha value is -2.06. The van der Waals surface area contributed by atoms with Crippen molar-refractivity contribution in [2.24, 2.45) is 5.92 Å². The third kappa shape index (κ3) is 3.34. The molecule has 1 aromatic rings. The molecule has 0 bridgehead atoms. The lowest BCUT2D eigenvalue weighted by Crippen LogP contribution is -2.42. The molecule has 1 aromatic carbocycles. The first-order valence-corrected chi connectivity index (χ1v) is 7.25. The largest absolute Gasteiger partial charge is 0.389 e. The van der Waals surface area contributed by atoms with E-state index in [4.69, 9.17) is 5.26 Å². The number of piperidine rings is 1. The molecule has 0 spiro atoms. The summed E-state index contributed by atoms with van der Waals surface area (Å²) in [7, 11) is 1.65. The molecule has 5 heteroatoms. The smallest absolute Gasteiger partial charge is 0.224 e. The summed E-state index contributed by atoms with van der Waals surface area (Å²) in [6.45, 7) is 3.17. The number of rotatable bonds is 3. The standard InChI is InChI=1S/C16H21N3O2/c1-11(20)14-6-5-12(9-17)8-15(14)19-7-3-4-13(10-19)16(21)18-2/h5-6,8,11,13,20H,3-4,7,10H2,1-2H3,(H,18,21)/t11-,13?/m0/s1. The number of hydrogen-bond acceptors (Lipinski definition) is 4. The van der Waals surface area contributed by atoms with Crippen molar-refractivity contribution in [3.8, 4) is 6.07 Å². The van der Waals surface area contributed by atoms with Gasteiger partial charge in [0, 0.05) is 31.4 Å². The predicted molar refractivity (Wildman–Crippen MR) is 80.8 cm³/mol. The van der Waals surface area contributed by atoms with E-state index in [1.165, 1.54) is 0 Å². The van der Waals surface area contributed by atoms with E-state index in [1.54, 1.807) is 32.2 Å². The molecule has 5 nitrogen and oxygen atoms in total. The summed E-state index contributed by atoms with van der Waals surface area (Å²) in [6.07, 6.45) is 1.19. The second-order valence-corrected chi connectivity index (χ2v) is 5.46. The SMILES string of the molecule is CNC(=O)C1CCCN(c2cc(C#N)ccc2[C@H](C)O)C1. The minimum absolute atomic E-state index is 0.0451. The zero-order valence-corrected chi connectivity index (χ0v) is 12.5. The topological polar surface area (TPSA) is 76.4 Å². The van der Waals surface area contributed by atoms with E-state index < -0.39 is 6.10 Å². The van der Waals surface area contributed by atoms with Gasteiger partial charge in [-0.3, -0.25) is 4.79 Å². The van der Waals surface area contributed by atoms with E-state index in [0.717, 1.165) is 30.6 Å². The van der Waals surface area contributed by atoms with Crippen LogP contribution in [0.25, 0.3) is 0 Å². The molecule has 2 N–H and O–H groups in total. The third-order valence-electron chi connectivity index (χ3n) is 3.99. The molecule has 0 aliphatic carbocycles. The van der Waals surface area contributed by atoms with E-state index in [1.807, 2.05) is 0 Å². The number of hydrogen-bond donors (Lipinski definition) is 2. The zero-order chi connectivity index (χ0) is 15.4. The number of amides is 1. The minimum Gasteiger partial charge on any atom is -0.389 e. The zero-order valence-electron chi connectivity index (χ0n) is 12.5. The molecule has 1 unspecified atom stereocenters. The van der Waals surface area contributed by atoms with E-state index in [0.29, 0.717) is 12.1 Å². The lowest BCUT2D eigenvalue weighted by molar-refractivity contribution is -0.124.